The topological polar surface area (TPSA) is 238 Å². The van der Waals surface area contributed by atoms with Gasteiger partial charge >= 0.3 is 0 Å². The Morgan fingerprint density at radius 2 is 1.58 bits per heavy atom. The number of hydrogen-bond acceptors (Lipinski definition) is 15. The number of aliphatic hydroxyl groups excluding tert-OH is 6. The molecule has 5 rings (SSSR count). The molecule has 2 aromatic carbocycles. The number of phenolic OH excluding ortho intramolecular Hbond substituents is 2. The second-order valence-corrected chi connectivity index (χ2v) is 10.3. The van der Waals surface area contributed by atoms with E-state index in [0.717, 1.165) is 12.1 Å². The van der Waals surface area contributed by atoms with Gasteiger partial charge in [-0.1, -0.05) is 0 Å². The summed E-state index contributed by atoms with van der Waals surface area (Å²) in [7, 11) is 1.38. The highest BCUT2D eigenvalue weighted by atomic mass is 16.8. The largest absolute Gasteiger partial charge is 0.507 e. The molecule has 2 fully saturated rings. The summed E-state index contributed by atoms with van der Waals surface area (Å²) in [5.41, 5.74) is -0.414. The van der Waals surface area contributed by atoms with E-state index in [9.17, 15) is 45.6 Å². The zero-order valence-electron chi connectivity index (χ0n) is 22.9. The molecule has 3 heterocycles. The molecule has 10 atom stereocenters. The second-order valence-electron chi connectivity index (χ2n) is 10.3. The molecular weight excluding hydrogens is 576 g/mol. The SMILES string of the molecule is COc1ccc(-c2cc(=O)c3c(O)cc(O[C@@H]4OC(CO)[C@@H](O)[C@H](O)C4O[C@@H]4OC(C)[C@H](O)[C@H](O)C4O)cc3o2)cc1O. The van der Waals surface area contributed by atoms with Gasteiger partial charge in [-0.2, -0.15) is 0 Å². The van der Waals surface area contributed by atoms with Crippen molar-refractivity contribution in [2.45, 2.75) is 68.3 Å². The average Bonchev–Trinajstić information content (AvgIpc) is 2.97. The fraction of sp³-hybridized carbons (Fsp3) is 0.464. The molecule has 0 bridgehead atoms. The number of phenols is 2. The summed E-state index contributed by atoms with van der Waals surface area (Å²) in [6.45, 7) is 0.687. The van der Waals surface area contributed by atoms with Crippen LogP contribution < -0.4 is 14.9 Å². The van der Waals surface area contributed by atoms with Crippen LogP contribution in [0.15, 0.2) is 45.6 Å². The van der Waals surface area contributed by atoms with Crippen molar-refractivity contribution in [3.8, 4) is 34.3 Å². The summed E-state index contributed by atoms with van der Waals surface area (Å²) in [6.07, 6.45) is -15.4. The lowest BCUT2D eigenvalue weighted by Gasteiger charge is -2.45. The average molecular weight is 609 g/mol. The Morgan fingerprint density at radius 1 is 0.837 bits per heavy atom. The first kappa shape index (κ1) is 30.9. The van der Waals surface area contributed by atoms with Crippen molar-refractivity contribution in [2.24, 2.45) is 0 Å². The first-order valence-electron chi connectivity index (χ1n) is 13.3. The van der Waals surface area contributed by atoms with Gasteiger partial charge in [0.2, 0.25) is 6.29 Å². The van der Waals surface area contributed by atoms with Gasteiger partial charge in [-0.15, -0.1) is 0 Å². The van der Waals surface area contributed by atoms with Gasteiger partial charge in [-0.05, 0) is 25.1 Å². The normalized spacial score (nSPS) is 32.9. The highest BCUT2D eigenvalue weighted by Crippen LogP contribution is 2.36. The van der Waals surface area contributed by atoms with Crippen molar-refractivity contribution < 1.29 is 69.0 Å². The molecule has 2 aliphatic heterocycles. The van der Waals surface area contributed by atoms with E-state index in [1.807, 2.05) is 0 Å². The van der Waals surface area contributed by atoms with Crippen molar-refractivity contribution >= 4 is 11.0 Å². The van der Waals surface area contributed by atoms with Crippen molar-refractivity contribution in [3.63, 3.8) is 0 Å². The molecule has 0 spiro atoms. The highest BCUT2D eigenvalue weighted by Gasteiger charge is 2.50. The number of aromatic hydroxyl groups is 2. The van der Waals surface area contributed by atoms with E-state index in [1.54, 1.807) is 6.07 Å². The molecule has 1 aromatic heterocycles. The van der Waals surface area contributed by atoms with Crippen molar-refractivity contribution in [1.82, 2.24) is 0 Å². The summed E-state index contributed by atoms with van der Waals surface area (Å²) in [4.78, 5) is 12.9. The summed E-state index contributed by atoms with van der Waals surface area (Å²) in [6, 6.07) is 7.77. The van der Waals surface area contributed by atoms with Crippen molar-refractivity contribution in [3.05, 3.63) is 46.6 Å². The van der Waals surface area contributed by atoms with Gasteiger partial charge in [0.25, 0.3) is 0 Å². The summed E-state index contributed by atoms with van der Waals surface area (Å²) in [5, 5.41) is 82.2. The zero-order chi connectivity index (χ0) is 31.2. The quantitative estimate of drug-likeness (QED) is 0.159. The molecule has 0 aliphatic carbocycles. The number of ether oxygens (including phenoxy) is 5. The standard InChI is InChI=1S/C28H32O15/c1-10-21(33)23(35)25(37)27(39-10)43-26-24(36)22(34)19(9-29)42-28(26)40-12-6-14(31)20-15(32)8-17(41-18(20)7-12)11-3-4-16(38-2)13(30)5-11/h3-8,10,19,21-31,33-37H,9H2,1-2H3/t10?,19?,21-,22+,23-,24-,25?,26?,27-,28+/m0/s1. The molecule has 43 heavy (non-hydrogen) atoms. The van der Waals surface area contributed by atoms with Gasteiger partial charge in [-0.3, -0.25) is 4.79 Å². The molecule has 0 amide bonds. The second kappa shape index (κ2) is 12.2. The lowest BCUT2D eigenvalue weighted by atomic mass is 9.97. The van der Waals surface area contributed by atoms with Crippen LogP contribution >= 0.6 is 0 Å². The van der Waals surface area contributed by atoms with Crippen LogP contribution in [0.4, 0.5) is 0 Å². The van der Waals surface area contributed by atoms with Crippen LogP contribution in [0.25, 0.3) is 22.3 Å². The lowest BCUT2D eigenvalue weighted by molar-refractivity contribution is -0.354. The third kappa shape index (κ3) is 5.86. The molecule has 3 aromatic rings. The van der Waals surface area contributed by atoms with Crippen LogP contribution in [0.5, 0.6) is 23.0 Å². The van der Waals surface area contributed by atoms with E-state index >= 15 is 0 Å². The van der Waals surface area contributed by atoms with Gasteiger partial charge < -0.3 is 69.0 Å². The summed E-state index contributed by atoms with van der Waals surface area (Å²) < 4.78 is 33.5. The molecule has 15 heteroatoms. The third-order valence-corrected chi connectivity index (χ3v) is 7.42. The zero-order valence-corrected chi connectivity index (χ0v) is 22.9. The molecular formula is C28H32O15. The Bertz CT molecular complexity index is 1510. The molecule has 15 nitrogen and oxygen atoms in total. The van der Waals surface area contributed by atoms with Gasteiger partial charge in [0.15, 0.2) is 29.3 Å². The minimum atomic E-state index is -1.77. The number of methoxy groups -OCH3 is 1. The smallest absolute Gasteiger partial charge is 0.229 e. The number of aliphatic hydroxyl groups is 6. The van der Waals surface area contributed by atoms with E-state index in [2.05, 4.69) is 0 Å². The van der Waals surface area contributed by atoms with E-state index in [4.69, 9.17) is 28.1 Å². The number of rotatable bonds is 7. The van der Waals surface area contributed by atoms with Crippen LogP contribution in [0.1, 0.15) is 6.92 Å². The molecule has 2 aliphatic rings. The molecule has 0 radical (unpaired) electrons. The van der Waals surface area contributed by atoms with Crippen LogP contribution in [-0.2, 0) is 14.2 Å². The van der Waals surface area contributed by atoms with Gasteiger partial charge in [-0.25, -0.2) is 0 Å². The summed E-state index contributed by atoms with van der Waals surface area (Å²) >= 11 is 0. The highest BCUT2D eigenvalue weighted by molar-refractivity contribution is 5.86. The van der Waals surface area contributed by atoms with Crippen LogP contribution in [0, 0.1) is 0 Å². The Morgan fingerprint density at radius 3 is 2.26 bits per heavy atom. The minimum absolute atomic E-state index is 0.0410. The van der Waals surface area contributed by atoms with Crippen LogP contribution in [0.2, 0.25) is 0 Å². The number of hydrogen-bond donors (Lipinski definition) is 8. The lowest BCUT2D eigenvalue weighted by Crippen LogP contribution is -2.64. The predicted molar refractivity (Wildman–Crippen MR) is 143 cm³/mol. The fourth-order valence-electron chi connectivity index (χ4n) is 5.01. The maximum absolute atomic E-state index is 12.9. The first-order chi connectivity index (χ1) is 20.4. The maximum Gasteiger partial charge on any atom is 0.229 e. The van der Waals surface area contributed by atoms with Crippen LogP contribution in [0.3, 0.4) is 0 Å². The van der Waals surface area contributed by atoms with E-state index < -0.39 is 79.2 Å². The van der Waals surface area contributed by atoms with Crippen molar-refractivity contribution in [1.29, 1.82) is 0 Å². The van der Waals surface area contributed by atoms with E-state index in [1.165, 1.54) is 32.2 Å². The van der Waals surface area contributed by atoms with Crippen molar-refractivity contribution in [2.75, 3.05) is 13.7 Å². The molecule has 8 N–H and O–H groups in total. The van der Waals surface area contributed by atoms with E-state index in [0.29, 0.717) is 5.56 Å². The summed E-state index contributed by atoms with van der Waals surface area (Å²) in [5.74, 6) is -0.653. The van der Waals surface area contributed by atoms with Gasteiger partial charge in [0.1, 0.15) is 64.9 Å². The minimum Gasteiger partial charge on any atom is -0.507 e. The third-order valence-electron chi connectivity index (χ3n) is 7.42. The molecule has 4 unspecified atom stereocenters. The van der Waals surface area contributed by atoms with Gasteiger partial charge in [0, 0.05) is 23.8 Å². The Kier molecular flexibility index (Phi) is 8.80. The molecule has 2 saturated heterocycles. The monoisotopic (exact) mass is 608 g/mol. The van der Waals surface area contributed by atoms with Gasteiger partial charge in [0.05, 0.1) is 19.8 Å². The Balaban J connectivity index is 1.48. The first-order valence-corrected chi connectivity index (χ1v) is 13.3. The number of benzene rings is 2. The Labute approximate surface area is 243 Å². The number of fused-ring (bicyclic) bond motifs is 1. The fourth-order valence-corrected chi connectivity index (χ4v) is 5.01. The van der Waals surface area contributed by atoms with Crippen LogP contribution in [-0.4, -0.2) is 116 Å². The maximum atomic E-state index is 12.9. The predicted octanol–water partition coefficient (Wildman–Crippen LogP) is -1.09. The molecule has 234 valence electrons. The molecule has 0 saturated carbocycles. The Hall–Kier alpha value is -3.51. The van der Waals surface area contributed by atoms with E-state index in [-0.39, 0.29) is 34.0 Å².